The number of thiazole rings is 1. The van der Waals surface area contributed by atoms with Gasteiger partial charge in [0.25, 0.3) is 5.91 Å². The lowest BCUT2D eigenvalue weighted by Gasteiger charge is -2.00. The molecule has 124 valence electrons. The summed E-state index contributed by atoms with van der Waals surface area (Å²) in [6.07, 6.45) is 1.25. The normalized spacial score (nSPS) is 10.8. The maximum Gasteiger partial charge on any atom is 0.280 e. The molecule has 3 aromatic heterocycles. The summed E-state index contributed by atoms with van der Waals surface area (Å²) in [4.78, 5) is 21.7. The first-order valence-electron chi connectivity index (χ1n) is 7.21. The van der Waals surface area contributed by atoms with E-state index >= 15 is 0 Å². The van der Waals surface area contributed by atoms with Gasteiger partial charge in [-0.05, 0) is 35.7 Å². The highest BCUT2D eigenvalue weighted by molar-refractivity contribution is 7.14. The zero-order valence-corrected chi connectivity index (χ0v) is 14.2. The number of amides is 1. The van der Waals surface area contributed by atoms with E-state index < -0.39 is 5.91 Å². The predicted molar refractivity (Wildman–Crippen MR) is 95.3 cm³/mol. The molecule has 0 atom stereocenters. The van der Waals surface area contributed by atoms with E-state index in [1.807, 2.05) is 17.5 Å². The van der Waals surface area contributed by atoms with Gasteiger partial charge in [-0.25, -0.2) is 14.4 Å². The van der Waals surface area contributed by atoms with Crippen molar-refractivity contribution in [3.8, 4) is 21.9 Å². The second-order valence-corrected chi connectivity index (χ2v) is 6.81. The first-order valence-corrected chi connectivity index (χ1v) is 8.97. The summed E-state index contributed by atoms with van der Waals surface area (Å²) in [5.41, 5.74) is 1.65. The van der Waals surface area contributed by atoms with Crippen molar-refractivity contribution >= 4 is 33.7 Å². The van der Waals surface area contributed by atoms with Gasteiger partial charge in [-0.3, -0.25) is 10.1 Å². The average molecular weight is 371 g/mol. The number of nitrogens with one attached hydrogen (secondary N) is 1. The van der Waals surface area contributed by atoms with Gasteiger partial charge >= 0.3 is 0 Å². The van der Waals surface area contributed by atoms with E-state index in [9.17, 15) is 9.18 Å². The average Bonchev–Trinajstić information content (AvgIpc) is 3.36. The number of thiophene rings is 1. The fourth-order valence-electron chi connectivity index (χ4n) is 2.23. The number of carbonyl (C=O) groups is 1. The molecule has 0 saturated heterocycles. The van der Waals surface area contributed by atoms with Gasteiger partial charge in [-0.1, -0.05) is 6.07 Å². The van der Waals surface area contributed by atoms with Crippen molar-refractivity contribution in [3.05, 3.63) is 65.1 Å². The number of hydrogen-bond donors (Lipinski definition) is 1. The van der Waals surface area contributed by atoms with Crippen molar-refractivity contribution < 1.29 is 13.6 Å². The van der Waals surface area contributed by atoms with E-state index in [0.29, 0.717) is 16.6 Å². The summed E-state index contributed by atoms with van der Waals surface area (Å²) in [7, 11) is 0. The van der Waals surface area contributed by atoms with E-state index in [4.69, 9.17) is 4.42 Å². The molecule has 0 radical (unpaired) electrons. The van der Waals surface area contributed by atoms with Gasteiger partial charge in [-0.2, -0.15) is 0 Å². The molecule has 1 aromatic carbocycles. The molecule has 4 aromatic rings. The minimum Gasteiger partial charge on any atom is -0.442 e. The Morgan fingerprint density at radius 3 is 2.76 bits per heavy atom. The van der Waals surface area contributed by atoms with E-state index in [2.05, 4.69) is 15.3 Å². The number of nitrogens with zero attached hydrogens (tertiary/aromatic N) is 2. The second-order valence-electron chi connectivity index (χ2n) is 5.01. The third-order valence-electron chi connectivity index (χ3n) is 3.39. The van der Waals surface area contributed by atoms with Gasteiger partial charge in [0.05, 0.1) is 10.6 Å². The van der Waals surface area contributed by atoms with Crippen LogP contribution in [0.3, 0.4) is 0 Å². The van der Waals surface area contributed by atoms with Crippen LogP contribution in [0.5, 0.6) is 0 Å². The Morgan fingerprint density at radius 2 is 2.00 bits per heavy atom. The summed E-state index contributed by atoms with van der Waals surface area (Å²) < 4.78 is 18.3. The molecule has 5 nitrogen and oxygen atoms in total. The zero-order chi connectivity index (χ0) is 17.2. The van der Waals surface area contributed by atoms with E-state index in [1.165, 1.54) is 41.2 Å². The fraction of sp³-hybridized carbons (Fsp3) is 0. The minimum atomic E-state index is -0.392. The summed E-state index contributed by atoms with van der Waals surface area (Å²) in [5.74, 6) is -0.264. The molecule has 0 aliphatic heterocycles. The highest BCUT2D eigenvalue weighted by atomic mass is 32.1. The Bertz CT molecular complexity index is 1010. The first kappa shape index (κ1) is 15.7. The molecule has 8 heteroatoms. The monoisotopic (exact) mass is 371 g/mol. The number of carbonyl (C=O) groups excluding carboxylic acids is 1. The highest BCUT2D eigenvalue weighted by Gasteiger charge is 2.20. The smallest absolute Gasteiger partial charge is 0.280 e. The SMILES string of the molecule is O=C(Nc1nc(-c2ccc(F)cc2)cs1)c1ncoc1-c1cccs1. The van der Waals surface area contributed by atoms with Crippen molar-refractivity contribution in [1.29, 1.82) is 0 Å². The highest BCUT2D eigenvalue weighted by Crippen LogP contribution is 2.29. The molecule has 0 spiro atoms. The Kier molecular flexibility index (Phi) is 4.12. The van der Waals surface area contributed by atoms with Crippen LogP contribution in [-0.4, -0.2) is 15.9 Å². The molecule has 0 aliphatic carbocycles. The molecule has 0 unspecified atom stereocenters. The van der Waals surface area contributed by atoms with Gasteiger partial charge in [-0.15, -0.1) is 22.7 Å². The molecule has 0 fully saturated rings. The minimum absolute atomic E-state index is 0.209. The van der Waals surface area contributed by atoms with Gasteiger partial charge in [0, 0.05) is 10.9 Å². The molecule has 1 N–H and O–H groups in total. The number of rotatable bonds is 4. The molecule has 0 aliphatic rings. The molecule has 0 bridgehead atoms. The Balaban J connectivity index is 1.54. The largest absolute Gasteiger partial charge is 0.442 e. The summed E-state index contributed by atoms with van der Waals surface area (Å²) in [6, 6.07) is 9.76. The predicted octanol–water partition coefficient (Wildman–Crippen LogP) is 4.92. The summed E-state index contributed by atoms with van der Waals surface area (Å²) in [5, 5.41) is 6.86. The number of anilines is 1. The Labute approximate surface area is 149 Å². The van der Waals surface area contributed by atoms with Gasteiger partial charge in [0.15, 0.2) is 23.0 Å². The number of halogens is 1. The quantitative estimate of drug-likeness (QED) is 0.553. The molecule has 3 heterocycles. The third kappa shape index (κ3) is 3.21. The van der Waals surface area contributed by atoms with Crippen LogP contribution in [0.2, 0.25) is 0 Å². The van der Waals surface area contributed by atoms with Crippen LogP contribution >= 0.6 is 22.7 Å². The van der Waals surface area contributed by atoms with Crippen molar-refractivity contribution in [3.63, 3.8) is 0 Å². The molecular formula is C17H10FN3O2S2. The van der Waals surface area contributed by atoms with Crippen LogP contribution in [-0.2, 0) is 0 Å². The van der Waals surface area contributed by atoms with Crippen molar-refractivity contribution in [2.24, 2.45) is 0 Å². The topological polar surface area (TPSA) is 68.0 Å². The summed E-state index contributed by atoms with van der Waals surface area (Å²) in [6.45, 7) is 0. The van der Waals surface area contributed by atoms with E-state index in [0.717, 1.165) is 10.4 Å². The van der Waals surface area contributed by atoms with Gasteiger partial charge in [0.2, 0.25) is 0 Å². The second kappa shape index (κ2) is 6.58. The summed E-state index contributed by atoms with van der Waals surface area (Å²) >= 11 is 2.75. The third-order valence-corrected chi connectivity index (χ3v) is 5.02. The van der Waals surface area contributed by atoms with E-state index in [-0.39, 0.29) is 11.5 Å². The van der Waals surface area contributed by atoms with Crippen LogP contribution in [0.15, 0.2) is 58.0 Å². The lowest BCUT2D eigenvalue weighted by atomic mass is 10.2. The first-order chi connectivity index (χ1) is 12.2. The van der Waals surface area contributed by atoms with Crippen LogP contribution in [0.25, 0.3) is 21.9 Å². The van der Waals surface area contributed by atoms with Crippen LogP contribution < -0.4 is 5.32 Å². The molecule has 0 saturated carbocycles. The molecule has 4 rings (SSSR count). The van der Waals surface area contributed by atoms with E-state index in [1.54, 1.807) is 17.5 Å². The number of aromatic nitrogens is 2. The van der Waals surface area contributed by atoms with Gasteiger partial charge in [0.1, 0.15) is 5.82 Å². The number of oxazole rings is 1. The Morgan fingerprint density at radius 1 is 1.16 bits per heavy atom. The molecule has 25 heavy (non-hydrogen) atoms. The fourth-order valence-corrected chi connectivity index (χ4v) is 3.66. The molecule has 1 amide bonds. The van der Waals surface area contributed by atoms with Gasteiger partial charge < -0.3 is 4.42 Å². The maximum atomic E-state index is 13.0. The van der Waals surface area contributed by atoms with Crippen LogP contribution in [0, 0.1) is 5.82 Å². The lowest BCUT2D eigenvalue weighted by molar-refractivity contribution is 0.102. The van der Waals surface area contributed by atoms with Crippen LogP contribution in [0.1, 0.15) is 10.5 Å². The zero-order valence-electron chi connectivity index (χ0n) is 12.6. The number of hydrogen-bond acceptors (Lipinski definition) is 6. The molecular weight excluding hydrogens is 361 g/mol. The Hall–Kier alpha value is -2.84. The number of benzene rings is 1. The van der Waals surface area contributed by atoms with Crippen molar-refractivity contribution in [2.45, 2.75) is 0 Å². The van der Waals surface area contributed by atoms with Crippen LogP contribution in [0.4, 0.5) is 9.52 Å². The standard InChI is InChI=1S/C17H10FN3O2S2/c18-11-5-3-10(4-6-11)12-8-25-17(20-12)21-16(22)14-15(23-9-19-14)13-2-1-7-24-13/h1-9H,(H,20,21,22). The maximum absolute atomic E-state index is 13.0. The van der Waals surface area contributed by atoms with Crippen molar-refractivity contribution in [2.75, 3.05) is 5.32 Å². The lowest BCUT2D eigenvalue weighted by Crippen LogP contribution is -2.13. The van der Waals surface area contributed by atoms with Crippen molar-refractivity contribution in [1.82, 2.24) is 9.97 Å².